The van der Waals surface area contributed by atoms with E-state index in [0.717, 1.165) is 23.1 Å². The van der Waals surface area contributed by atoms with Gasteiger partial charge in [-0.05, 0) is 40.8 Å². The fraction of sp³-hybridized carbons (Fsp3) is 0.0769. The summed E-state index contributed by atoms with van der Waals surface area (Å²) in [5, 5.41) is 0. The van der Waals surface area contributed by atoms with E-state index in [2.05, 4.69) is 6.07 Å². The third-order valence-electron chi connectivity index (χ3n) is 2.66. The quantitative estimate of drug-likeness (QED) is 0.533. The molecular weight excluding hydrogens is 170 g/mol. The molecule has 1 aliphatic rings. The predicted octanol–water partition coefficient (Wildman–Crippen LogP) is 2.84. The van der Waals surface area contributed by atoms with Crippen molar-refractivity contribution in [3.05, 3.63) is 53.5 Å². The van der Waals surface area contributed by atoms with Gasteiger partial charge in [-0.1, -0.05) is 30.3 Å². The lowest BCUT2D eigenvalue weighted by atomic mass is 10.1. The van der Waals surface area contributed by atoms with Crippen LogP contribution in [0.25, 0.3) is 11.1 Å². The zero-order valence-electron chi connectivity index (χ0n) is 9.67. The molecule has 1 aliphatic carbocycles. The molecule has 1 heteroatoms. The molecule has 0 spiro atoms. The molecule has 0 heterocycles. The molecule has 0 amide bonds. The van der Waals surface area contributed by atoms with Gasteiger partial charge in [0, 0.05) is 5.69 Å². The molecule has 0 unspecified atom stereocenters. The number of benzene rings is 2. The van der Waals surface area contributed by atoms with E-state index in [1.807, 2.05) is 18.2 Å². The molecule has 2 aromatic carbocycles. The van der Waals surface area contributed by atoms with Crippen molar-refractivity contribution >= 4 is 5.69 Å². The van der Waals surface area contributed by atoms with Crippen LogP contribution in [0.15, 0.2) is 42.4 Å². The fourth-order valence-electron chi connectivity index (χ4n) is 2.01. The Morgan fingerprint density at radius 1 is 1.07 bits per heavy atom. The van der Waals surface area contributed by atoms with Gasteiger partial charge in [0.15, 0.2) is 0 Å². The number of nitrogen functional groups attached to an aromatic ring is 1. The molecule has 0 radical (unpaired) electrons. The zero-order chi connectivity index (χ0) is 11.3. The Morgan fingerprint density at radius 3 is 2.79 bits per heavy atom. The molecule has 2 N–H and O–H groups in total. The number of hydrogen-bond donors (Lipinski definition) is 1. The second kappa shape index (κ2) is 2.61. The molecule has 0 atom stereocenters. The smallest absolute Gasteiger partial charge is 0.0648 e. The molecule has 2 aromatic rings. The van der Waals surface area contributed by atoms with E-state index in [0.29, 0.717) is 6.04 Å². The lowest BCUT2D eigenvalue weighted by Gasteiger charge is -2.00. The van der Waals surface area contributed by atoms with Crippen molar-refractivity contribution < 1.29 is 2.74 Å². The van der Waals surface area contributed by atoms with Crippen molar-refractivity contribution in [3.63, 3.8) is 0 Å². The molecular formula is C13H11N. The molecule has 0 aromatic heterocycles. The van der Waals surface area contributed by atoms with Gasteiger partial charge in [0.1, 0.15) is 0 Å². The average molecular weight is 183 g/mol. The van der Waals surface area contributed by atoms with Gasteiger partial charge >= 0.3 is 0 Å². The van der Waals surface area contributed by atoms with Crippen LogP contribution in [0, 0.1) is 0 Å². The number of anilines is 1. The number of rotatable bonds is 0. The van der Waals surface area contributed by atoms with Crippen LogP contribution in [0.4, 0.5) is 5.69 Å². The second-order valence-corrected chi connectivity index (χ2v) is 3.55. The summed E-state index contributed by atoms with van der Waals surface area (Å²) >= 11 is 0. The molecule has 1 nitrogen and oxygen atoms in total. The number of hydrogen-bond acceptors (Lipinski definition) is 1. The van der Waals surface area contributed by atoms with Crippen molar-refractivity contribution in [1.82, 2.24) is 0 Å². The summed E-state index contributed by atoms with van der Waals surface area (Å²) in [7, 11) is 0. The van der Waals surface area contributed by atoms with Gasteiger partial charge in [-0.3, -0.25) is 0 Å². The highest BCUT2D eigenvalue weighted by Gasteiger charge is 2.16. The Labute approximate surface area is 86.0 Å². The monoisotopic (exact) mass is 183 g/mol. The standard InChI is InChI=1S/C13H11N/c14-11-5-6-13-10(8-11)7-9-3-1-2-4-12(9)13/h1-6,8H,7,14H2/i5D,8D. The van der Waals surface area contributed by atoms with E-state index in [4.69, 9.17) is 8.48 Å². The summed E-state index contributed by atoms with van der Waals surface area (Å²) in [6, 6.07) is 10.4. The fourth-order valence-corrected chi connectivity index (χ4v) is 2.01. The number of nitrogens with two attached hydrogens (primary N) is 1. The van der Waals surface area contributed by atoms with Crippen molar-refractivity contribution in [1.29, 1.82) is 0 Å². The van der Waals surface area contributed by atoms with E-state index in [-0.39, 0.29) is 11.7 Å². The Kier molecular flexibility index (Phi) is 1.09. The molecule has 0 saturated heterocycles. The Bertz CT molecular complexity index is 591. The first kappa shape index (κ1) is 5.86. The highest BCUT2D eigenvalue weighted by atomic mass is 14.5. The Hall–Kier alpha value is -1.76. The van der Waals surface area contributed by atoms with Crippen molar-refractivity contribution in [3.8, 4) is 11.1 Å². The Morgan fingerprint density at radius 2 is 1.86 bits per heavy atom. The molecule has 68 valence electrons. The zero-order valence-corrected chi connectivity index (χ0v) is 7.67. The number of fused-ring (bicyclic) bond motifs is 3. The van der Waals surface area contributed by atoms with Gasteiger partial charge in [0.25, 0.3) is 0 Å². The van der Waals surface area contributed by atoms with E-state index in [9.17, 15) is 0 Å². The van der Waals surface area contributed by atoms with E-state index >= 15 is 0 Å². The average Bonchev–Trinajstić information content (AvgIpc) is 2.65. The van der Waals surface area contributed by atoms with Crippen molar-refractivity contribution in [2.75, 3.05) is 5.73 Å². The predicted molar refractivity (Wildman–Crippen MR) is 59.1 cm³/mol. The summed E-state index contributed by atoms with van der Waals surface area (Å²) in [4.78, 5) is 0. The summed E-state index contributed by atoms with van der Waals surface area (Å²) in [6.07, 6.45) is 0.759. The second-order valence-electron chi connectivity index (χ2n) is 3.55. The molecule has 0 saturated carbocycles. The summed E-state index contributed by atoms with van der Waals surface area (Å²) in [6.45, 7) is 0. The first-order valence-electron chi connectivity index (χ1n) is 5.65. The molecule has 0 aliphatic heterocycles. The van der Waals surface area contributed by atoms with Gasteiger partial charge in [-0.15, -0.1) is 0 Å². The van der Waals surface area contributed by atoms with Crippen LogP contribution < -0.4 is 5.73 Å². The van der Waals surface area contributed by atoms with Crippen molar-refractivity contribution in [2.24, 2.45) is 0 Å². The maximum atomic E-state index is 7.95. The highest BCUT2D eigenvalue weighted by molar-refractivity contribution is 5.78. The van der Waals surface area contributed by atoms with Crippen LogP contribution in [0.1, 0.15) is 13.9 Å². The van der Waals surface area contributed by atoms with Gasteiger partial charge in [0.2, 0.25) is 0 Å². The third-order valence-corrected chi connectivity index (χ3v) is 2.66. The van der Waals surface area contributed by atoms with Crippen molar-refractivity contribution in [2.45, 2.75) is 6.42 Å². The maximum absolute atomic E-state index is 7.95. The van der Waals surface area contributed by atoms with Crippen LogP contribution in [0.2, 0.25) is 0 Å². The van der Waals surface area contributed by atoms with E-state index in [1.165, 1.54) is 5.56 Å². The van der Waals surface area contributed by atoms with Crippen LogP contribution in [-0.2, 0) is 6.42 Å². The lowest BCUT2D eigenvalue weighted by Crippen LogP contribution is -1.86. The van der Waals surface area contributed by atoms with Gasteiger partial charge in [0.05, 0.1) is 2.74 Å². The van der Waals surface area contributed by atoms with E-state index in [1.54, 1.807) is 6.07 Å². The van der Waals surface area contributed by atoms with E-state index < -0.39 is 0 Å². The van der Waals surface area contributed by atoms with Gasteiger partial charge < -0.3 is 5.73 Å². The van der Waals surface area contributed by atoms with Crippen LogP contribution >= 0.6 is 0 Å². The molecule has 0 bridgehead atoms. The topological polar surface area (TPSA) is 26.0 Å². The molecule has 14 heavy (non-hydrogen) atoms. The van der Waals surface area contributed by atoms with Gasteiger partial charge in [-0.2, -0.15) is 0 Å². The van der Waals surface area contributed by atoms with Crippen LogP contribution in [-0.4, -0.2) is 0 Å². The Balaban J connectivity index is 2.34. The first-order valence-corrected chi connectivity index (χ1v) is 4.65. The minimum Gasteiger partial charge on any atom is -0.399 e. The lowest BCUT2D eigenvalue weighted by molar-refractivity contribution is 1.26. The molecule has 0 fully saturated rings. The van der Waals surface area contributed by atoms with Crippen LogP contribution in [0.5, 0.6) is 0 Å². The largest absolute Gasteiger partial charge is 0.399 e. The summed E-state index contributed by atoms with van der Waals surface area (Å²) in [5.74, 6) is 0. The third kappa shape index (κ3) is 0.956. The summed E-state index contributed by atoms with van der Waals surface area (Å²) in [5.41, 5.74) is 10.3. The maximum Gasteiger partial charge on any atom is 0.0648 e. The molecule has 3 rings (SSSR count). The first-order chi connectivity index (χ1) is 7.68. The minimum atomic E-state index is 0.250. The van der Waals surface area contributed by atoms with Crippen LogP contribution in [0.3, 0.4) is 0 Å². The van der Waals surface area contributed by atoms with Gasteiger partial charge in [-0.25, -0.2) is 0 Å². The minimum absolute atomic E-state index is 0.250. The highest BCUT2D eigenvalue weighted by Crippen LogP contribution is 2.36. The SMILES string of the molecule is [2H]c1cc2c(c([2H])c1N)Cc1ccccc1-2. The summed E-state index contributed by atoms with van der Waals surface area (Å²) < 4.78 is 15.7. The normalized spacial score (nSPS) is 14.3.